The van der Waals surface area contributed by atoms with Crippen LogP contribution in [0.3, 0.4) is 0 Å². The van der Waals surface area contributed by atoms with Crippen molar-refractivity contribution in [2.75, 3.05) is 20.8 Å². The first-order valence-corrected chi connectivity index (χ1v) is 9.63. The Hall–Kier alpha value is -2.90. The quantitative estimate of drug-likeness (QED) is 0.693. The van der Waals surface area contributed by atoms with E-state index in [2.05, 4.69) is 19.9 Å². The predicted molar refractivity (Wildman–Crippen MR) is 110 cm³/mol. The van der Waals surface area contributed by atoms with Crippen LogP contribution in [0.4, 0.5) is 0 Å². The molecule has 0 saturated heterocycles. The molecule has 0 unspecified atom stereocenters. The van der Waals surface area contributed by atoms with Crippen molar-refractivity contribution in [1.29, 1.82) is 0 Å². The second kappa shape index (κ2) is 8.23. The highest BCUT2D eigenvalue weighted by molar-refractivity contribution is 6.30. The summed E-state index contributed by atoms with van der Waals surface area (Å²) in [6.07, 6.45) is 2.36. The average Bonchev–Trinajstić information content (AvgIpc) is 2.74. The van der Waals surface area contributed by atoms with E-state index in [9.17, 15) is 4.79 Å². The van der Waals surface area contributed by atoms with Gasteiger partial charge < -0.3 is 14.5 Å². The molecule has 4 rings (SSSR count). The van der Waals surface area contributed by atoms with Gasteiger partial charge in [-0.1, -0.05) is 17.7 Å². The summed E-state index contributed by atoms with van der Waals surface area (Å²) in [7, 11) is 3.19. The Morgan fingerprint density at radius 1 is 1.24 bits per heavy atom. The second-order valence-electron chi connectivity index (χ2n) is 6.82. The molecule has 150 valence electrons. The number of nitrogens with zero attached hydrogens (tertiary/aromatic N) is 3. The van der Waals surface area contributed by atoms with Crippen molar-refractivity contribution < 1.29 is 9.47 Å². The highest BCUT2D eigenvalue weighted by atomic mass is 35.5. The number of pyridine rings is 1. The first-order valence-electron chi connectivity index (χ1n) is 9.25. The molecule has 3 aromatic rings. The molecular formula is C21H21ClN4O3. The number of ether oxygens (including phenoxy) is 2. The molecule has 0 amide bonds. The lowest BCUT2D eigenvalue weighted by Crippen LogP contribution is -2.35. The molecule has 29 heavy (non-hydrogen) atoms. The lowest BCUT2D eigenvalue weighted by Gasteiger charge is -2.28. The minimum absolute atomic E-state index is 0.129. The third-order valence-corrected chi connectivity index (χ3v) is 5.19. The summed E-state index contributed by atoms with van der Waals surface area (Å²) in [5.41, 5.74) is 2.95. The Morgan fingerprint density at radius 3 is 2.83 bits per heavy atom. The minimum Gasteiger partial charge on any atom is -0.493 e. The monoisotopic (exact) mass is 412 g/mol. The number of H-pyrrole nitrogens is 1. The standard InChI is InChI=1S/C21H21ClN4O3/c1-28-18-10-14(22)9-13(19(18)29-2)11-26-8-6-16-15(12-26)21(27)25-20(24-16)17-5-3-4-7-23-17/h3-5,7,9-10H,6,8,11-12H2,1-2H3,(H,24,25,27). The molecule has 0 aliphatic carbocycles. The molecule has 8 heteroatoms. The lowest BCUT2D eigenvalue weighted by molar-refractivity contribution is 0.237. The van der Waals surface area contributed by atoms with Gasteiger partial charge in [-0.2, -0.15) is 0 Å². The molecule has 0 atom stereocenters. The third kappa shape index (κ3) is 3.97. The van der Waals surface area contributed by atoms with Gasteiger partial charge in [-0.3, -0.25) is 14.7 Å². The fraction of sp³-hybridized carbons (Fsp3) is 0.286. The number of aromatic nitrogens is 3. The third-order valence-electron chi connectivity index (χ3n) is 4.97. The van der Waals surface area contributed by atoms with Crippen LogP contribution in [0.15, 0.2) is 41.3 Å². The molecule has 1 aliphatic heterocycles. The zero-order chi connectivity index (χ0) is 20.4. The molecule has 1 N–H and O–H groups in total. The van der Waals surface area contributed by atoms with Crippen LogP contribution in [-0.4, -0.2) is 40.6 Å². The van der Waals surface area contributed by atoms with E-state index in [1.54, 1.807) is 26.5 Å². The second-order valence-corrected chi connectivity index (χ2v) is 7.25. The van der Waals surface area contributed by atoms with Gasteiger partial charge in [-0.15, -0.1) is 0 Å². The maximum absolute atomic E-state index is 12.7. The number of hydrogen-bond donors (Lipinski definition) is 1. The fourth-order valence-electron chi connectivity index (χ4n) is 3.60. The van der Waals surface area contributed by atoms with Gasteiger partial charge in [0.15, 0.2) is 17.3 Å². The van der Waals surface area contributed by atoms with Crippen LogP contribution in [0.1, 0.15) is 16.8 Å². The zero-order valence-electron chi connectivity index (χ0n) is 16.2. The molecule has 1 aliphatic rings. The van der Waals surface area contributed by atoms with Gasteiger partial charge in [0.25, 0.3) is 5.56 Å². The number of methoxy groups -OCH3 is 2. The molecule has 0 radical (unpaired) electrons. The summed E-state index contributed by atoms with van der Waals surface area (Å²) in [4.78, 5) is 26.7. The van der Waals surface area contributed by atoms with E-state index in [-0.39, 0.29) is 5.56 Å². The van der Waals surface area contributed by atoms with Crippen molar-refractivity contribution in [3.63, 3.8) is 0 Å². The van der Waals surface area contributed by atoms with Gasteiger partial charge >= 0.3 is 0 Å². The minimum atomic E-state index is -0.129. The van der Waals surface area contributed by atoms with Gasteiger partial charge in [0.2, 0.25) is 0 Å². The summed E-state index contributed by atoms with van der Waals surface area (Å²) in [5, 5.41) is 0.578. The first kappa shape index (κ1) is 19.4. The van der Waals surface area contributed by atoms with Crippen LogP contribution in [0.5, 0.6) is 11.5 Å². The van der Waals surface area contributed by atoms with Crippen molar-refractivity contribution >= 4 is 11.6 Å². The molecule has 2 aromatic heterocycles. The van der Waals surface area contributed by atoms with Gasteiger partial charge in [-0.05, 0) is 18.2 Å². The van der Waals surface area contributed by atoms with Gasteiger partial charge in [-0.25, -0.2) is 4.98 Å². The van der Waals surface area contributed by atoms with Crippen LogP contribution in [0.25, 0.3) is 11.5 Å². The van der Waals surface area contributed by atoms with E-state index >= 15 is 0 Å². The van der Waals surface area contributed by atoms with E-state index < -0.39 is 0 Å². The predicted octanol–water partition coefficient (Wildman–Crippen LogP) is 3.06. The van der Waals surface area contributed by atoms with E-state index in [1.807, 2.05) is 24.3 Å². The van der Waals surface area contributed by atoms with Crippen molar-refractivity contribution in [1.82, 2.24) is 19.9 Å². The summed E-state index contributed by atoms with van der Waals surface area (Å²) in [6, 6.07) is 9.13. The van der Waals surface area contributed by atoms with Crippen molar-refractivity contribution in [3.05, 3.63) is 68.7 Å². The van der Waals surface area contributed by atoms with E-state index in [0.717, 1.165) is 17.8 Å². The van der Waals surface area contributed by atoms with Gasteiger partial charge in [0.1, 0.15) is 5.69 Å². The Bertz CT molecular complexity index is 1090. The van der Waals surface area contributed by atoms with Crippen LogP contribution in [0, 0.1) is 0 Å². The molecular weight excluding hydrogens is 392 g/mol. The SMILES string of the molecule is COc1cc(Cl)cc(CN2CCc3nc(-c4ccccn4)[nH]c(=O)c3C2)c1OC. The number of fused-ring (bicyclic) bond motifs is 1. The molecule has 0 saturated carbocycles. The van der Waals surface area contributed by atoms with E-state index in [0.29, 0.717) is 53.1 Å². The van der Waals surface area contributed by atoms with Crippen molar-refractivity contribution in [2.45, 2.75) is 19.5 Å². The van der Waals surface area contributed by atoms with E-state index in [1.165, 1.54) is 0 Å². The number of benzene rings is 1. The highest BCUT2D eigenvalue weighted by Crippen LogP contribution is 2.35. The van der Waals surface area contributed by atoms with Crippen LogP contribution in [0.2, 0.25) is 5.02 Å². The molecule has 0 spiro atoms. The molecule has 0 bridgehead atoms. The van der Waals surface area contributed by atoms with Crippen molar-refractivity contribution in [2.24, 2.45) is 0 Å². The maximum Gasteiger partial charge on any atom is 0.255 e. The van der Waals surface area contributed by atoms with Gasteiger partial charge in [0, 0.05) is 48.9 Å². The summed E-state index contributed by atoms with van der Waals surface area (Å²) in [5.74, 6) is 1.75. The van der Waals surface area contributed by atoms with E-state index in [4.69, 9.17) is 21.1 Å². The number of aromatic amines is 1. The fourth-order valence-corrected chi connectivity index (χ4v) is 3.84. The summed E-state index contributed by atoms with van der Waals surface area (Å²) >= 11 is 6.23. The number of nitrogens with one attached hydrogen (secondary N) is 1. The molecule has 3 heterocycles. The smallest absolute Gasteiger partial charge is 0.255 e. The molecule has 7 nitrogen and oxygen atoms in total. The molecule has 1 aromatic carbocycles. The first-order chi connectivity index (χ1) is 14.1. The van der Waals surface area contributed by atoms with Crippen LogP contribution >= 0.6 is 11.6 Å². The Morgan fingerprint density at radius 2 is 2.10 bits per heavy atom. The van der Waals surface area contributed by atoms with Gasteiger partial charge in [0.05, 0.1) is 25.5 Å². The lowest BCUT2D eigenvalue weighted by atomic mass is 10.1. The summed E-state index contributed by atoms with van der Waals surface area (Å²) in [6.45, 7) is 1.85. The average molecular weight is 413 g/mol. The molecule has 0 fully saturated rings. The Balaban J connectivity index is 1.60. The largest absolute Gasteiger partial charge is 0.493 e. The number of rotatable bonds is 5. The zero-order valence-corrected chi connectivity index (χ0v) is 17.0. The summed E-state index contributed by atoms with van der Waals surface area (Å²) < 4.78 is 10.9. The normalized spacial score (nSPS) is 13.8. The van der Waals surface area contributed by atoms with Crippen molar-refractivity contribution in [3.8, 4) is 23.0 Å². The Kier molecular flexibility index (Phi) is 5.51. The maximum atomic E-state index is 12.7. The number of halogens is 1. The highest BCUT2D eigenvalue weighted by Gasteiger charge is 2.23. The Labute approximate surface area is 173 Å². The van der Waals surface area contributed by atoms with Crippen LogP contribution < -0.4 is 15.0 Å². The topological polar surface area (TPSA) is 80.3 Å². The van der Waals surface area contributed by atoms with Crippen LogP contribution in [-0.2, 0) is 19.5 Å². The number of hydrogen-bond acceptors (Lipinski definition) is 6.